The Labute approximate surface area is 708 Å². The molecule has 0 saturated heterocycles. The Morgan fingerprint density at radius 2 is 0.452 bits per heavy atom. The average molecular weight is 1590 g/mol. The van der Waals surface area contributed by atoms with Gasteiger partial charge in [-0.3, -0.25) is 0 Å². The summed E-state index contributed by atoms with van der Waals surface area (Å²) in [7, 11) is 0. The van der Waals surface area contributed by atoms with Crippen molar-refractivity contribution in [3.63, 3.8) is 0 Å². The maximum atomic E-state index is 6.94. The Balaban J connectivity index is 0.571. The zero-order valence-electron chi connectivity index (χ0n) is 67.2. The highest BCUT2D eigenvalue weighted by Gasteiger charge is 2.29. The lowest BCUT2D eigenvalue weighted by Crippen LogP contribution is -2.12. The Bertz CT molecular complexity index is 8970. The van der Waals surface area contributed by atoms with Gasteiger partial charge >= 0.3 is 0 Å². The molecule has 0 fully saturated rings. The second-order valence-corrected chi connectivity index (χ2v) is 32.6. The Morgan fingerprint density at radius 3 is 0.823 bits per heavy atom. The van der Waals surface area contributed by atoms with Crippen LogP contribution in [0.4, 0.5) is 68.2 Å². The Kier molecular flexibility index (Phi) is 15.1. The number of hydrogen-bond acceptors (Lipinski definition) is 10. The van der Waals surface area contributed by atoms with E-state index in [1.54, 1.807) is 0 Å². The molecule has 20 aromatic carbocycles. The van der Waals surface area contributed by atoms with Gasteiger partial charge in [0.25, 0.3) is 0 Å². The molecule has 0 aliphatic carbocycles. The van der Waals surface area contributed by atoms with Crippen LogP contribution in [0.2, 0.25) is 0 Å². The fourth-order valence-electron chi connectivity index (χ4n) is 19.9. The number of nitrogens with zero attached hydrogens (tertiary/aromatic N) is 4. The molecule has 0 radical (unpaired) electrons. The van der Waals surface area contributed by atoms with E-state index in [4.69, 9.17) is 26.5 Å². The summed E-state index contributed by atoms with van der Waals surface area (Å²) >= 11 is 0. The van der Waals surface area contributed by atoms with Crippen molar-refractivity contribution in [2.75, 3.05) is 19.6 Å². The molecular formula is C114H70N4O6. The van der Waals surface area contributed by atoms with E-state index in [0.717, 1.165) is 265 Å². The van der Waals surface area contributed by atoms with Crippen LogP contribution >= 0.6 is 0 Å². The third-order valence-electron chi connectivity index (χ3n) is 25.6. The van der Waals surface area contributed by atoms with Gasteiger partial charge in [0.2, 0.25) is 0 Å². The molecule has 0 N–H and O–H groups in total. The van der Waals surface area contributed by atoms with Gasteiger partial charge in [0.05, 0.1) is 22.7 Å². The summed E-state index contributed by atoms with van der Waals surface area (Å²) in [5.41, 5.74) is 26.3. The van der Waals surface area contributed by atoms with Crippen molar-refractivity contribution in [1.29, 1.82) is 0 Å². The van der Waals surface area contributed by atoms with Crippen molar-refractivity contribution in [3.8, 4) is 11.1 Å². The van der Waals surface area contributed by atoms with Gasteiger partial charge in [0, 0.05) is 110 Å². The standard InChI is InChI=1S/C114H70N4O6/c1-67-20-6-11-31-93(67)117(97-34-18-29-91-87-25-9-14-38-101(87)123-113(91)97)79-51-55-83-73(65-79)45-60-105-109(83)110-84-56-52-80(66-74(84)46-61-106(110)120-105)118(98-35-19-30-92-88-26-10-15-39-102(88)124-114(92)98)94-57-42-70(62-68(94)2)69-40-47-76(48-41-69)116(96-33-17-28-90-86-24-8-13-37-100(86)122-112(90)96)78-50-54-82-72(64-78)44-59-104-108(82)107-81-53-49-77(63-71(81)43-58-103(107)119-104)115(75-21-4-3-5-22-75)95-32-16-27-89-85-23-7-12-36-99(85)121-111(89)95/h3-66H,1-2H3. The quantitative estimate of drug-likeness (QED) is 0.111. The number of anilines is 12. The summed E-state index contributed by atoms with van der Waals surface area (Å²) in [5, 5.41) is 21.6. The molecule has 0 amide bonds. The third kappa shape index (κ3) is 10.6. The number of aryl methyl sites for hydroxylation is 2. The monoisotopic (exact) mass is 1590 g/mol. The van der Waals surface area contributed by atoms with Crippen LogP contribution in [0.5, 0.6) is 0 Å². The molecule has 10 heteroatoms. The molecule has 0 spiro atoms. The van der Waals surface area contributed by atoms with Gasteiger partial charge in [-0.2, -0.15) is 0 Å². The lowest BCUT2D eigenvalue weighted by Gasteiger charge is -2.28. The van der Waals surface area contributed by atoms with Crippen molar-refractivity contribution >= 4 is 243 Å². The van der Waals surface area contributed by atoms with Gasteiger partial charge in [0.15, 0.2) is 22.3 Å². The molecule has 0 aliphatic rings. The van der Waals surface area contributed by atoms with E-state index in [1.165, 1.54) is 0 Å². The van der Waals surface area contributed by atoms with Crippen LogP contribution in [0.1, 0.15) is 11.1 Å². The van der Waals surface area contributed by atoms with E-state index in [0.29, 0.717) is 0 Å². The molecule has 0 atom stereocenters. The van der Waals surface area contributed by atoms with Gasteiger partial charge in [0.1, 0.15) is 44.7 Å². The molecule has 582 valence electrons. The zero-order chi connectivity index (χ0) is 81.5. The summed E-state index contributed by atoms with van der Waals surface area (Å²) in [6.45, 7) is 4.39. The SMILES string of the molecule is Cc1ccccc1N(c1ccc2c(ccc3oc4ccc5cc(N(c6ccc(-c7ccc(N(c8ccc9c(ccc%10oc%11ccc%12cc(N(c%13ccccc%13)c%13cccc%14c%13oc%13ccccc%13%14)ccc%12c%11c%109)c8)c8cccc9c8oc8ccccc89)cc7)cc6C)c6cccc7c6oc6ccccc67)ccc5c4c32)c1)c1cccc2c1oc1ccccc12. The summed E-state index contributed by atoms with van der Waals surface area (Å²) in [5.74, 6) is 0. The summed E-state index contributed by atoms with van der Waals surface area (Å²) in [6.07, 6.45) is 0. The molecule has 6 heterocycles. The molecule has 0 saturated carbocycles. The minimum atomic E-state index is 0.804. The lowest BCUT2D eigenvalue weighted by molar-refractivity contribution is 0.668. The minimum absolute atomic E-state index is 0.804. The molecule has 124 heavy (non-hydrogen) atoms. The Hall–Kier alpha value is -16.6. The van der Waals surface area contributed by atoms with Crippen molar-refractivity contribution in [1.82, 2.24) is 0 Å². The molecule has 6 aromatic heterocycles. The molecule has 10 nitrogen and oxygen atoms in total. The molecule has 26 aromatic rings. The summed E-state index contributed by atoms with van der Waals surface area (Å²) in [6, 6.07) is 138. The highest BCUT2D eigenvalue weighted by molar-refractivity contribution is 6.29. The number of hydrogen-bond donors (Lipinski definition) is 0. The van der Waals surface area contributed by atoms with Gasteiger partial charge in [-0.25, -0.2) is 0 Å². The lowest BCUT2D eigenvalue weighted by atomic mass is 9.97. The van der Waals surface area contributed by atoms with E-state index in [9.17, 15) is 0 Å². The topological polar surface area (TPSA) is 91.8 Å². The second-order valence-electron chi connectivity index (χ2n) is 32.6. The van der Waals surface area contributed by atoms with E-state index >= 15 is 0 Å². The summed E-state index contributed by atoms with van der Waals surface area (Å²) in [4.78, 5) is 9.36. The van der Waals surface area contributed by atoms with E-state index in [-0.39, 0.29) is 0 Å². The maximum Gasteiger partial charge on any atom is 0.159 e. The van der Waals surface area contributed by atoms with Crippen molar-refractivity contribution in [2.45, 2.75) is 13.8 Å². The van der Waals surface area contributed by atoms with Gasteiger partial charge < -0.3 is 46.1 Å². The normalized spacial score (nSPS) is 12.1. The Morgan fingerprint density at radius 1 is 0.161 bits per heavy atom. The van der Waals surface area contributed by atoms with E-state index < -0.39 is 0 Å². The number of benzene rings is 20. The average Bonchev–Trinajstić information content (AvgIpc) is 1.58. The molecular weight excluding hydrogens is 1520 g/mol. The van der Waals surface area contributed by atoms with Crippen LogP contribution in [0.15, 0.2) is 415 Å². The number of fused-ring (bicyclic) bond motifs is 26. The van der Waals surface area contributed by atoms with E-state index in [1.807, 2.05) is 36.4 Å². The van der Waals surface area contributed by atoms with Crippen molar-refractivity contribution in [3.05, 3.63) is 399 Å². The second kappa shape index (κ2) is 27.0. The fourth-order valence-corrected chi connectivity index (χ4v) is 19.9. The molecule has 0 bridgehead atoms. The first kappa shape index (κ1) is 69.4. The fraction of sp³-hybridized carbons (Fsp3) is 0.0175. The van der Waals surface area contributed by atoms with Crippen LogP contribution in [0.25, 0.3) is 186 Å². The van der Waals surface area contributed by atoms with Gasteiger partial charge in [-0.05, 0) is 243 Å². The highest BCUT2D eigenvalue weighted by atomic mass is 16.4. The van der Waals surface area contributed by atoms with Gasteiger partial charge in [-0.15, -0.1) is 0 Å². The third-order valence-corrected chi connectivity index (χ3v) is 25.6. The number of furan rings is 6. The molecule has 0 aliphatic heterocycles. The smallest absolute Gasteiger partial charge is 0.159 e. The zero-order valence-corrected chi connectivity index (χ0v) is 67.2. The summed E-state index contributed by atoms with van der Waals surface area (Å²) < 4.78 is 40.9. The first-order valence-electron chi connectivity index (χ1n) is 42.1. The van der Waals surface area contributed by atoms with Crippen molar-refractivity contribution in [2.24, 2.45) is 0 Å². The predicted molar refractivity (Wildman–Crippen MR) is 514 cm³/mol. The van der Waals surface area contributed by atoms with Crippen molar-refractivity contribution < 1.29 is 26.5 Å². The largest absolute Gasteiger partial charge is 0.456 e. The first-order chi connectivity index (χ1) is 61.3. The maximum absolute atomic E-state index is 6.94. The number of rotatable bonds is 13. The first-order valence-corrected chi connectivity index (χ1v) is 42.1. The van der Waals surface area contributed by atoms with Crippen LogP contribution in [-0.4, -0.2) is 0 Å². The van der Waals surface area contributed by atoms with Crippen LogP contribution < -0.4 is 19.6 Å². The van der Waals surface area contributed by atoms with Crippen LogP contribution in [0, 0.1) is 13.8 Å². The van der Waals surface area contributed by atoms with Crippen LogP contribution in [-0.2, 0) is 0 Å². The van der Waals surface area contributed by atoms with Crippen LogP contribution in [0.3, 0.4) is 0 Å². The van der Waals surface area contributed by atoms with Gasteiger partial charge in [-0.1, -0.05) is 224 Å². The number of para-hydroxylation sites is 10. The highest BCUT2D eigenvalue weighted by Crippen LogP contribution is 2.53. The molecule has 26 rings (SSSR count). The van der Waals surface area contributed by atoms with E-state index in [2.05, 4.69) is 385 Å². The molecule has 0 unspecified atom stereocenters. The minimum Gasteiger partial charge on any atom is -0.456 e. The predicted octanol–water partition coefficient (Wildman–Crippen LogP) is 33.9.